The fourth-order valence-corrected chi connectivity index (χ4v) is 4.34. The number of pyridine rings is 1. The van der Waals surface area contributed by atoms with Crippen molar-refractivity contribution in [1.82, 2.24) is 4.98 Å². The fourth-order valence-electron chi connectivity index (χ4n) is 1.78. The Labute approximate surface area is 134 Å². The van der Waals surface area contributed by atoms with Gasteiger partial charge in [-0.1, -0.05) is 6.07 Å². The second-order valence-electron chi connectivity index (χ2n) is 4.38. The lowest BCUT2D eigenvalue weighted by Crippen LogP contribution is -2.14. The third kappa shape index (κ3) is 3.39. The first-order valence-corrected chi connectivity index (χ1v) is 8.76. The molecule has 0 spiro atoms. The van der Waals surface area contributed by atoms with Gasteiger partial charge in [-0.2, -0.15) is 0 Å². The van der Waals surface area contributed by atoms with Gasteiger partial charge in [0.05, 0.1) is 5.69 Å². The summed E-state index contributed by atoms with van der Waals surface area (Å²) in [6.07, 6.45) is 2.84. The zero-order chi connectivity index (χ0) is 14.9. The molecule has 4 nitrogen and oxygen atoms in total. The summed E-state index contributed by atoms with van der Waals surface area (Å²) in [7, 11) is -3.67. The van der Waals surface area contributed by atoms with Crippen LogP contribution in [0.1, 0.15) is 11.1 Å². The SMILES string of the molecule is Cc1cc(C)c(NS(=O)(=O)c2cncc(Br)c2)c(Br)c1. The van der Waals surface area contributed by atoms with Gasteiger partial charge in [-0.3, -0.25) is 9.71 Å². The normalized spacial score (nSPS) is 11.4. The van der Waals surface area contributed by atoms with E-state index in [0.717, 1.165) is 11.1 Å². The maximum Gasteiger partial charge on any atom is 0.263 e. The Morgan fingerprint density at radius 1 is 1.10 bits per heavy atom. The number of aryl methyl sites for hydroxylation is 2. The average Bonchev–Trinajstić information content (AvgIpc) is 2.34. The topological polar surface area (TPSA) is 59.1 Å². The van der Waals surface area contributed by atoms with E-state index in [2.05, 4.69) is 41.6 Å². The van der Waals surface area contributed by atoms with E-state index in [9.17, 15) is 8.42 Å². The zero-order valence-electron chi connectivity index (χ0n) is 10.8. The van der Waals surface area contributed by atoms with E-state index >= 15 is 0 Å². The van der Waals surface area contributed by atoms with Crippen LogP contribution < -0.4 is 4.72 Å². The van der Waals surface area contributed by atoms with E-state index in [1.807, 2.05) is 26.0 Å². The molecule has 1 heterocycles. The van der Waals surface area contributed by atoms with Crippen molar-refractivity contribution in [2.45, 2.75) is 18.7 Å². The van der Waals surface area contributed by atoms with E-state index in [0.29, 0.717) is 14.6 Å². The molecular weight excluding hydrogens is 408 g/mol. The maximum absolute atomic E-state index is 12.4. The predicted molar refractivity (Wildman–Crippen MR) is 86.4 cm³/mol. The minimum Gasteiger partial charge on any atom is -0.278 e. The summed E-state index contributed by atoms with van der Waals surface area (Å²) in [5.41, 5.74) is 2.44. The summed E-state index contributed by atoms with van der Waals surface area (Å²) in [6, 6.07) is 5.29. The highest BCUT2D eigenvalue weighted by Crippen LogP contribution is 2.30. The van der Waals surface area contributed by atoms with Gasteiger partial charge in [-0.05, 0) is 69.0 Å². The minimum atomic E-state index is -3.67. The first-order valence-electron chi connectivity index (χ1n) is 5.70. The maximum atomic E-state index is 12.4. The van der Waals surface area contributed by atoms with Crippen LogP contribution >= 0.6 is 31.9 Å². The summed E-state index contributed by atoms with van der Waals surface area (Å²) in [5.74, 6) is 0. The van der Waals surface area contributed by atoms with E-state index in [1.54, 1.807) is 0 Å². The molecule has 0 amide bonds. The number of aromatic nitrogens is 1. The van der Waals surface area contributed by atoms with Crippen molar-refractivity contribution in [3.63, 3.8) is 0 Å². The third-order valence-corrected chi connectivity index (χ3v) is 5.03. The van der Waals surface area contributed by atoms with Crippen LogP contribution in [-0.4, -0.2) is 13.4 Å². The fraction of sp³-hybridized carbons (Fsp3) is 0.154. The van der Waals surface area contributed by atoms with Crippen LogP contribution in [0.3, 0.4) is 0 Å². The van der Waals surface area contributed by atoms with E-state index < -0.39 is 10.0 Å². The van der Waals surface area contributed by atoms with Crippen molar-refractivity contribution >= 4 is 47.6 Å². The number of sulfonamides is 1. The first-order chi connectivity index (χ1) is 9.29. The van der Waals surface area contributed by atoms with Crippen LogP contribution in [0.15, 0.2) is 44.4 Å². The smallest absolute Gasteiger partial charge is 0.263 e. The van der Waals surface area contributed by atoms with Crippen LogP contribution in [0.2, 0.25) is 0 Å². The van der Waals surface area contributed by atoms with Crippen LogP contribution in [-0.2, 0) is 10.0 Å². The summed E-state index contributed by atoms with van der Waals surface area (Å²) >= 11 is 6.60. The summed E-state index contributed by atoms with van der Waals surface area (Å²) in [6.45, 7) is 3.81. The number of halogens is 2. The first kappa shape index (κ1) is 15.5. The number of benzene rings is 1. The molecule has 1 N–H and O–H groups in total. The molecule has 1 aromatic heterocycles. The van der Waals surface area contributed by atoms with Gasteiger partial charge in [0.15, 0.2) is 0 Å². The number of nitrogens with one attached hydrogen (secondary N) is 1. The van der Waals surface area contributed by atoms with Crippen molar-refractivity contribution in [3.05, 3.63) is 50.7 Å². The number of nitrogens with zero attached hydrogens (tertiary/aromatic N) is 1. The molecule has 0 fully saturated rings. The van der Waals surface area contributed by atoms with Crippen LogP contribution in [0, 0.1) is 13.8 Å². The molecule has 2 rings (SSSR count). The Balaban J connectivity index is 2.44. The lowest BCUT2D eigenvalue weighted by Gasteiger charge is -2.13. The molecule has 0 aliphatic carbocycles. The quantitative estimate of drug-likeness (QED) is 0.816. The van der Waals surface area contributed by atoms with Crippen LogP contribution in [0.5, 0.6) is 0 Å². The van der Waals surface area contributed by atoms with Crippen molar-refractivity contribution < 1.29 is 8.42 Å². The van der Waals surface area contributed by atoms with E-state index in [1.165, 1.54) is 18.5 Å². The van der Waals surface area contributed by atoms with Crippen molar-refractivity contribution in [1.29, 1.82) is 0 Å². The molecule has 0 radical (unpaired) electrons. The second kappa shape index (κ2) is 5.83. The number of rotatable bonds is 3. The standard InChI is InChI=1S/C13H12Br2N2O2S/c1-8-3-9(2)13(12(15)4-8)17-20(18,19)11-5-10(14)6-16-7-11/h3-7,17H,1-2H3. The third-order valence-electron chi connectivity index (χ3n) is 2.66. The molecule has 20 heavy (non-hydrogen) atoms. The highest BCUT2D eigenvalue weighted by atomic mass is 79.9. The second-order valence-corrected chi connectivity index (χ2v) is 7.84. The van der Waals surface area contributed by atoms with Crippen molar-refractivity contribution in [2.24, 2.45) is 0 Å². The molecule has 0 bridgehead atoms. The summed E-state index contributed by atoms with van der Waals surface area (Å²) in [5, 5.41) is 0. The molecular formula is C13H12Br2N2O2S. The van der Waals surface area contributed by atoms with Crippen molar-refractivity contribution in [2.75, 3.05) is 4.72 Å². The number of hydrogen-bond acceptors (Lipinski definition) is 3. The number of hydrogen-bond donors (Lipinski definition) is 1. The molecule has 0 saturated heterocycles. The van der Waals surface area contributed by atoms with Gasteiger partial charge in [0, 0.05) is 21.3 Å². The van der Waals surface area contributed by atoms with Crippen molar-refractivity contribution in [3.8, 4) is 0 Å². The van der Waals surface area contributed by atoms with Gasteiger partial charge >= 0.3 is 0 Å². The van der Waals surface area contributed by atoms with Gasteiger partial charge in [0.25, 0.3) is 10.0 Å². The molecule has 0 saturated carbocycles. The minimum absolute atomic E-state index is 0.110. The Bertz CT molecular complexity index is 738. The Hall–Kier alpha value is -0.920. The van der Waals surface area contributed by atoms with Crippen LogP contribution in [0.25, 0.3) is 0 Å². The Morgan fingerprint density at radius 2 is 1.80 bits per heavy atom. The van der Waals surface area contributed by atoms with E-state index in [4.69, 9.17) is 0 Å². The largest absolute Gasteiger partial charge is 0.278 e. The molecule has 0 aliphatic heterocycles. The van der Waals surface area contributed by atoms with Gasteiger partial charge in [-0.25, -0.2) is 8.42 Å². The van der Waals surface area contributed by atoms with Gasteiger partial charge in [0.1, 0.15) is 4.90 Å². The lowest BCUT2D eigenvalue weighted by molar-refractivity contribution is 0.600. The van der Waals surface area contributed by atoms with Gasteiger partial charge in [0.2, 0.25) is 0 Å². The average molecular weight is 420 g/mol. The monoisotopic (exact) mass is 418 g/mol. The summed E-state index contributed by atoms with van der Waals surface area (Å²) < 4.78 is 28.6. The van der Waals surface area contributed by atoms with Gasteiger partial charge < -0.3 is 0 Å². The highest BCUT2D eigenvalue weighted by Gasteiger charge is 2.18. The Kier molecular flexibility index (Phi) is 4.51. The highest BCUT2D eigenvalue weighted by molar-refractivity contribution is 9.10. The van der Waals surface area contributed by atoms with E-state index in [-0.39, 0.29) is 4.90 Å². The molecule has 7 heteroatoms. The molecule has 1 aromatic carbocycles. The number of anilines is 1. The molecule has 0 aliphatic rings. The molecule has 0 unspecified atom stereocenters. The zero-order valence-corrected chi connectivity index (χ0v) is 14.8. The molecule has 2 aromatic rings. The molecule has 106 valence electrons. The Morgan fingerprint density at radius 3 is 2.40 bits per heavy atom. The predicted octanol–water partition coefficient (Wildman–Crippen LogP) is 4.02. The lowest BCUT2D eigenvalue weighted by atomic mass is 10.1. The summed E-state index contributed by atoms with van der Waals surface area (Å²) in [4.78, 5) is 3.98. The van der Waals surface area contributed by atoms with Gasteiger partial charge in [-0.15, -0.1) is 0 Å². The van der Waals surface area contributed by atoms with Crippen LogP contribution in [0.4, 0.5) is 5.69 Å². The molecule has 0 atom stereocenters.